The van der Waals surface area contributed by atoms with Crippen molar-refractivity contribution < 1.29 is 0 Å². The van der Waals surface area contributed by atoms with Crippen molar-refractivity contribution in [3.8, 4) is 12.3 Å². The first-order chi connectivity index (χ1) is 6.77. The molecule has 1 N–H and O–H groups in total. The van der Waals surface area contributed by atoms with Crippen LogP contribution in [-0.2, 0) is 0 Å². The molecule has 0 aromatic carbocycles. The van der Waals surface area contributed by atoms with Crippen molar-refractivity contribution in [3.63, 3.8) is 0 Å². The van der Waals surface area contributed by atoms with E-state index in [2.05, 4.69) is 30.0 Å². The average molecular weight is 194 g/mol. The molecule has 1 aliphatic heterocycles. The van der Waals surface area contributed by atoms with Crippen LogP contribution in [0.25, 0.3) is 0 Å². The van der Waals surface area contributed by atoms with Crippen LogP contribution in [0.1, 0.15) is 33.1 Å². The summed E-state index contributed by atoms with van der Waals surface area (Å²) in [5, 5.41) is 3.56. The van der Waals surface area contributed by atoms with E-state index in [1.807, 2.05) is 0 Å². The lowest BCUT2D eigenvalue weighted by molar-refractivity contribution is 0.138. The highest BCUT2D eigenvalue weighted by atomic mass is 15.2. The van der Waals surface area contributed by atoms with Gasteiger partial charge in [0.1, 0.15) is 0 Å². The van der Waals surface area contributed by atoms with Gasteiger partial charge in [-0.05, 0) is 26.3 Å². The van der Waals surface area contributed by atoms with Crippen molar-refractivity contribution in [1.29, 1.82) is 0 Å². The predicted octanol–water partition coefficient (Wildman–Crippen LogP) is 1.47. The van der Waals surface area contributed by atoms with Crippen molar-refractivity contribution in [2.24, 2.45) is 0 Å². The van der Waals surface area contributed by atoms with Crippen molar-refractivity contribution in [2.45, 2.75) is 45.2 Å². The Labute approximate surface area is 88.1 Å². The molecule has 0 bridgehead atoms. The smallest absolute Gasteiger partial charge is 0.0193 e. The number of terminal acetylenes is 1. The lowest BCUT2D eigenvalue weighted by Gasteiger charge is -2.38. The average Bonchev–Trinajstić information content (AvgIpc) is 2.21. The zero-order valence-electron chi connectivity index (χ0n) is 9.42. The van der Waals surface area contributed by atoms with Crippen LogP contribution in [0.5, 0.6) is 0 Å². The van der Waals surface area contributed by atoms with Crippen molar-refractivity contribution in [1.82, 2.24) is 10.2 Å². The molecular formula is C12H22N2. The normalized spacial score (nSPS) is 28.6. The van der Waals surface area contributed by atoms with Gasteiger partial charge in [-0.2, -0.15) is 0 Å². The number of hydrogen-bond donors (Lipinski definition) is 1. The van der Waals surface area contributed by atoms with E-state index in [0.29, 0.717) is 12.1 Å². The summed E-state index contributed by atoms with van der Waals surface area (Å²) in [6.07, 6.45) is 8.52. The fraction of sp³-hybridized carbons (Fsp3) is 0.833. The third-order valence-electron chi connectivity index (χ3n) is 3.04. The molecule has 2 nitrogen and oxygen atoms in total. The Kier molecular flexibility index (Phi) is 5.00. The molecule has 2 atom stereocenters. The van der Waals surface area contributed by atoms with Gasteiger partial charge in [0, 0.05) is 31.6 Å². The summed E-state index contributed by atoms with van der Waals surface area (Å²) >= 11 is 0. The van der Waals surface area contributed by atoms with Crippen LogP contribution in [0.3, 0.4) is 0 Å². The van der Waals surface area contributed by atoms with E-state index in [9.17, 15) is 0 Å². The van der Waals surface area contributed by atoms with Gasteiger partial charge in [-0.25, -0.2) is 0 Å². The molecule has 0 aromatic heterocycles. The molecular weight excluding hydrogens is 172 g/mol. The quantitative estimate of drug-likeness (QED) is 0.538. The molecule has 1 rings (SSSR count). The van der Waals surface area contributed by atoms with Crippen LogP contribution < -0.4 is 5.32 Å². The second-order valence-corrected chi connectivity index (χ2v) is 4.17. The van der Waals surface area contributed by atoms with E-state index in [1.54, 1.807) is 0 Å². The molecule has 0 spiro atoms. The highest BCUT2D eigenvalue weighted by molar-refractivity contribution is 4.86. The Morgan fingerprint density at radius 2 is 2.36 bits per heavy atom. The van der Waals surface area contributed by atoms with Crippen LogP contribution in [-0.4, -0.2) is 36.6 Å². The lowest BCUT2D eigenvalue weighted by atomic mass is 10.1. The van der Waals surface area contributed by atoms with Crippen molar-refractivity contribution in [2.75, 3.05) is 19.6 Å². The predicted molar refractivity (Wildman–Crippen MR) is 61.2 cm³/mol. The number of nitrogens with one attached hydrogen (secondary N) is 1. The second-order valence-electron chi connectivity index (χ2n) is 4.17. The SMILES string of the molecule is C#CCCCN1CC(CC)NCC1C. The topological polar surface area (TPSA) is 15.3 Å². The van der Waals surface area contributed by atoms with Crippen molar-refractivity contribution in [3.05, 3.63) is 0 Å². The summed E-state index contributed by atoms with van der Waals surface area (Å²) in [7, 11) is 0. The molecule has 14 heavy (non-hydrogen) atoms. The third kappa shape index (κ3) is 3.32. The Bertz CT molecular complexity index is 195. The summed E-state index contributed by atoms with van der Waals surface area (Å²) in [5.41, 5.74) is 0. The Morgan fingerprint density at radius 1 is 1.57 bits per heavy atom. The molecule has 0 saturated carbocycles. The summed E-state index contributed by atoms with van der Waals surface area (Å²) in [6, 6.07) is 1.34. The maximum Gasteiger partial charge on any atom is 0.0193 e. The molecule has 1 fully saturated rings. The molecule has 0 radical (unpaired) electrons. The van der Waals surface area contributed by atoms with Gasteiger partial charge < -0.3 is 5.32 Å². The van der Waals surface area contributed by atoms with Crippen LogP contribution in [0, 0.1) is 12.3 Å². The molecule has 1 aliphatic rings. The molecule has 0 amide bonds. The van der Waals surface area contributed by atoms with E-state index in [4.69, 9.17) is 6.42 Å². The number of rotatable bonds is 4. The lowest BCUT2D eigenvalue weighted by Crippen LogP contribution is -2.55. The molecule has 1 heterocycles. The zero-order chi connectivity index (χ0) is 10.4. The first kappa shape index (κ1) is 11.6. The molecule has 0 aliphatic carbocycles. The highest BCUT2D eigenvalue weighted by Gasteiger charge is 2.22. The standard InChI is InChI=1S/C12H22N2/c1-4-6-7-8-14-10-12(5-2)13-9-11(14)3/h1,11-13H,5-10H2,2-3H3. The minimum absolute atomic E-state index is 0.663. The molecule has 0 aromatic rings. The van der Waals surface area contributed by atoms with E-state index in [0.717, 1.165) is 25.9 Å². The van der Waals surface area contributed by atoms with Gasteiger partial charge in [-0.15, -0.1) is 12.3 Å². The minimum Gasteiger partial charge on any atom is -0.311 e. The van der Waals surface area contributed by atoms with Gasteiger partial charge in [-0.3, -0.25) is 4.90 Å². The van der Waals surface area contributed by atoms with Crippen LogP contribution >= 0.6 is 0 Å². The van der Waals surface area contributed by atoms with E-state index in [-0.39, 0.29) is 0 Å². The largest absolute Gasteiger partial charge is 0.311 e. The monoisotopic (exact) mass is 194 g/mol. The molecule has 80 valence electrons. The van der Waals surface area contributed by atoms with E-state index < -0.39 is 0 Å². The van der Waals surface area contributed by atoms with E-state index in [1.165, 1.54) is 13.0 Å². The van der Waals surface area contributed by atoms with Gasteiger partial charge >= 0.3 is 0 Å². The summed E-state index contributed by atoms with van der Waals surface area (Å²) < 4.78 is 0. The van der Waals surface area contributed by atoms with Gasteiger partial charge in [0.2, 0.25) is 0 Å². The molecule has 2 heteroatoms. The Balaban J connectivity index is 2.29. The number of nitrogens with zero attached hydrogens (tertiary/aromatic N) is 1. The van der Waals surface area contributed by atoms with Crippen LogP contribution in [0.15, 0.2) is 0 Å². The van der Waals surface area contributed by atoms with Crippen LogP contribution in [0.2, 0.25) is 0 Å². The Hall–Kier alpha value is -0.520. The highest BCUT2D eigenvalue weighted by Crippen LogP contribution is 2.09. The first-order valence-electron chi connectivity index (χ1n) is 5.68. The fourth-order valence-corrected chi connectivity index (χ4v) is 1.96. The summed E-state index contributed by atoms with van der Waals surface area (Å²) in [6.45, 7) is 7.99. The third-order valence-corrected chi connectivity index (χ3v) is 3.04. The number of piperazine rings is 1. The van der Waals surface area contributed by atoms with Crippen LogP contribution in [0.4, 0.5) is 0 Å². The number of hydrogen-bond acceptors (Lipinski definition) is 2. The fourth-order valence-electron chi connectivity index (χ4n) is 1.96. The zero-order valence-corrected chi connectivity index (χ0v) is 9.42. The molecule has 2 unspecified atom stereocenters. The minimum atomic E-state index is 0.663. The maximum atomic E-state index is 5.25. The first-order valence-corrected chi connectivity index (χ1v) is 5.68. The van der Waals surface area contributed by atoms with Crippen molar-refractivity contribution >= 4 is 0 Å². The Morgan fingerprint density at radius 3 is 3.00 bits per heavy atom. The van der Waals surface area contributed by atoms with Gasteiger partial charge in [0.05, 0.1) is 0 Å². The second kappa shape index (κ2) is 6.06. The summed E-state index contributed by atoms with van der Waals surface area (Å²) in [5.74, 6) is 2.71. The molecule has 1 saturated heterocycles. The van der Waals surface area contributed by atoms with Gasteiger partial charge in [-0.1, -0.05) is 6.92 Å². The summed E-state index contributed by atoms with van der Waals surface area (Å²) in [4.78, 5) is 2.56. The number of unbranched alkanes of at least 4 members (excludes halogenated alkanes) is 1. The maximum absolute atomic E-state index is 5.25. The van der Waals surface area contributed by atoms with Gasteiger partial charge in [0.15, 0.2) is 0 Å². The van der Waals surface area contributed by atoms with Gasteiger partial charge in [0.25, 0.3) is 0 Å². The van der Waals surface area contributed by atoms with E-state index >= 15 is 0 Å².